The molecule has 2 aliphatic carbocycles. The van der Waals surface area contributed by atoms with Gasteiger partial charge in [-0.05, 0) is 45.4 Å². The number of amides is 1. The van der Waals surface area contributed by atoms with Crippen molar-refractivity contribution in [3.63, 3.8) is 0 Å². The lowest BCUT2D eigenvalue weighted by molar-refractivity contribution is -0.149. The lowest BCUT2D eigenvalue weighted by Crippen LogP contribution is -2.50. The molecule has 0 atom stereocenters. The topological polar surface area (TPSA) is 66.4 Å². The first-order valence-electron chi connectivity index (χ1n) is 5.44. The molecule has 0 bridgehead atoms. The van der Waals surface area contributed by atoms with E-state index in [1.54, 1.807) is 0 Å². The van der Waals surface area contributed by atoms with Gasteiger partial charge in [0.2, 0.25) is 5.91 Å². The fourth-order valence-corrected chi connectivity index (χ4v) is 1.98. The highest BCUT2D eigenvalue weighted by Gasteiger charge is 2.58. The maximum absolute atomic E-state index is 11.8. The van der Waals surface area contributed by atoms with Gasteiger partial charge in [-0.3, -0.25) is 9.59 Å². The zero-order chi connectivity index (χ0) is 11.3. The number of carbonyl (C=O) groups is 2. The van der Waals surface area contributed by atoms with Gasteiger partial charge in [-0.2, -0.15) is 0 Å². The number of carboxylic acids is 1. The monoisotopic (exact) mass is 211 g/mol. The number of nitrogens with one attached hydrogen (secondary N) is 1. The molecule has 4 nitrogen and oxygen atoms in total. The molecule has 0 aromatic heterocycles. The zero-order valence-electron chi connectivity index (χ0n) is 9.17. The molecule has 1 amide bonds. The van der Waals surface area contributed by atoms with Gasteiger partial charge < -0.3 is 10.4 Å². The highest BCUT2D eigenvalue weighted by molar-refractivity contribution is 6.05. The molecule has 15 heavy (non-hydrogen) atoms. The molecule has 2 aliphatic rings. The third-order valence-corrected chi connectivity index (χ3v) is 3.63. The van der Waals surface area contributed by atoms with Gasteiger partial charge in [-0.1, -0.05) is 0 Å². The van der Waals surface area contributed by atoms with E-state index in [0.29, 0.717) is 18.8 Å². The van der Waals surface area contributed by atoms with Crippen molar-refractivity contribution in [1.29, 1.82) is 0 Å². The first-order valence-corrected chi connectivity index (χ1v) is 5.44. The number of carboxylic acid groups (broad SMARTS) is 1. The van der Waals surface area contributed by atoms with Gasteiger partial charge in [-0.15, -0.1) is 0 Å². The van der Waals surface area contributed by atoms with Crippen LogP contribution < -0.4 is 5.32 Å². The fraction of sp³-hybridized carbons (Fsp3) is 0.818. The van der Waals surface area contributed by atoms with Crippen molar-refractivity contribution in [2.75, 3.05) is 0 Å². The first-order chi connectivity index (χ1) is 6.88. The minimum absolute atomic E-state index is 0.248. The molecule has 0 unspecified atom stereocenters. The van der Waals surface area contributed by atoms with E-state index in [-0.39, 0.29) is 11.4 Å². The number of hydrogen-bond acceptors (Lipinski definition) is 2. The summed E-state index contributed by atoms with van der Waals surface area (Å²) in [4.78, 5) is 22.8. The van der Waals surface area contributed by atoms with Crippen LogP contribution in [0.4, 0.5) is 0 Å². The predicted octanol–water partition coefficient (Wildman–Crippen LogP) is 1.16. The summed E-state index contributed by atoms with van der Waals surface area (Å²) in [6.07, 6.45) is 3.23. The quantitative estimate of drug-likeness (QED) is 0.686. The lowest BCUT2D eigenvalue weighted by atomic mass is 9.96. The van der Waals surface area contributed by atoms with Crippen LogP contribution in [-0.2, 0) is 9.59 Å². The average molecular weight is 211 g/mol. The van der Waals surface area contributed by atoms with Crippen molar-refractivity contribution in [1.82, 2.24) is 5.32 Å². The Hall–Kier alpha value is -1.06. The molecule has 0 aromatic rings. The third-order valence-electron chi connectivity index (χ3n) is 3.63. The van der Waals surface area contributed by atoms with Crippen molar-refractivity contribution < 1.29 is 14.7 Å². The van der Waals surface area contributed by atoms with E-state index >= 15 is 0 Å². The molecule has 2 saturated carbocycles. The van der Waals surface area contributed by atoms with Crippen molar-refractivity contribution in [3.8, 4) is 0 Å². The average Bonchev–Trinajstić information content (AvgIpc) is 2.99. The molecule has 4 heteroatoms. The SMILES string of the molecule is CC(C)(NC(=O)C1(C(=O)O)CC1)C1CC1. The Bertz CT molecular complexity index is 314. The highest BCUT2D eigenvalue weighted by atomic mass is 16.4. The lowest BCUT2D eigenvalue weighted by Gasteiger charge is -2.27. The van der Waals surface area contributed by atoms with Crippen LogP contribution in [0.5, 0.6) is 0 Å². The molecule has 0 saturated heterocycles. The van der Waals surface area contributed by atoms with Gasteiger partial charge in [0.25, 0.3) is 0 Å². The summed E-state index contributed by atoms with van der Waals surface area (Å²) >= 11 is 0. The van der Waals surface area contributed by atoms with Crippen molar-refractivity contribution >= 4 is 11.9 Å². The third kappa shape index (κ3) is 1.73. The Labute approximate surface area is 89.0 Å². The summed E-state index contributed by atoms with van der Waals surface area (Å²) in [6.45, 7) is 3.95. The molecular formula is C11H17NO3. The van der Waals surface area contributed by atoms with Gasteiger partial charge in [0, 0.05) is 5.54 Å². The molecular weight excluding hydrogens is 194 g/mol. The maximum atomic E-state index is 11.8. The van der Waals surface area contributed by atoms with Crippen LogP contribution >= 0.6 is 0 Å². The number of rotatable bonds is 4. The summed E-state index contributed by atoms with van der Waals surface area (Å²) in [5.74, 6) is -0.760. The van der Waals surface area contributed by atoms with E-state index in [1.165, 1.54) is 0 Å². The van der Waals surface area contributed by atoms with E-state index < -0.39 is 11.4 Å². The highest BCUT2D eigenvalue weighted by Crippen LogP contribution is 2.47. The summed E-state index contributed by atoms with van der Waals surface area (Å²) in [5.41, 5.74) is -1.35. The van der Waals surface area contributed by atoms with Crippen LogP contribution in [0.2, 0.25) is 0 Å². The van der Waals surface area contributed by atoms with Crippen LogP contribution in [0.15, 0.2) is 0 Å². The fourth-order valence-electron chi connectivity index (χ4n) is 1.98. The molecule has 84 valence electrons. The van der Waals surface area contributed by atoms with Crippen LogP contribution in [0.1, 0.15) is 39.5 Å². The van der Waals surface area contributed by atoms with Gasteiger partial charge in [0.05, 0.1) is 0 Å². The first kappa shape index (κ1) is 10.5. The molecule has 0 aliphatic heterocycles. The van der Waals surface area contributed by atoms with E-state index in [4.69, 9.17) is 5.11 Å². The van der Waals surface area contributed by atoms with Gasteiger partial charge >= 0.3 is 5.97 Å². The molecule has 2 rings (SSSR count). The minimum atomic E-state index is -1.11. The molecule has 0 spiro atoms. The Kier molecular flexibility index (Phi) is 2.07. The molecule has 0 radical (unpaired) electrons. The molecule has 2 N–H and O–H groups in total. The normalized spacial score (nSPS) is 23.3. The Balaban J connectivity index is 2.00. The van der Waals surface area contributed by atoms with Crippen LogP contribution in [0.3, 0.4) is 0 Å². The largest absolute Gasteiger partial charge is 0.480 e. The maximum Gasteiger partial charge on any atom is 0.319 e. The summed E-state index contributed by atoms with van der Waals surface area (Å²) in [5, 5.41) is 11.8. The van der Waals surface area contributed by atoms with E-state index in [9.17, 15) is 9.59 Å². The zero-order valence-corrected chi connectivity index (χ0v) is 9.17. The second-order valence-electron chi connectivity index (χ2n) is 5.34. The standard InChI is InChI=1S/C11H17NO3/c1-10(2,7-3-4-7)12-8(13)11(5-6-11)9(14)15/h7H,3-6H2,1-2H3,(H,12,13)(H,14,15). The van der Waals surface area contributed by atoms with Crippen molar-refractivity contribution in [3.05, 3.63) is 0 Å². The number of aliphatic carboxylic acids is 1. The van der Waals surface area contributed by atoms with Crippen molar-refractivity contribution in [2.24, 2.45) is 11.3 Å². The van der Waals surface area contributed by atoms with Crippen LogP contribution in [0, 0.1) is 11.3 Å². The second kappa shape index (κ2) is 2.97. The van der Waals surface area contributed by atoms with Gasteiger partial charge in [0.1, 0.15) is 5.41 Å². The predicted molar refractivity (Wildman–Crippen MR) is 54.2 cm³/mol. The minimum Gasteiger partial charge on any atom is -0.480 e. The number of hydrogen-bond donors (Lipinski definition) is 2. The van der Waals surface area contributed by atoms with Gasteiger partial charge in [-0.25, -0.2) is 0 Å². The number of carbonyl (C=O) groups excluding carboxylic acids is 1. The summed E-state index contributed by atoms with van der Waals surface area (Å²) in [6, 6.07) is 0. The molecule has 0 aromatic carbocycles. The Morgan fingerprint density at radius 1 is 1.33 bits per heavy atom. The molecule has 0 heterocycles. The Morgan fingerprint density at radius 3 is 2.20 bits per heavy atom. The smallest absolute Gasteiger partial charge is 0.319 e. The second-order valence-corrected chi connectivity index (χ2v) is 5.34. The van der Waals surface area contributed by atoms with E-state index in [0.717, 1.165) is 12.8 Å². The van der Waals surface area contributed by atoms with Crippen LogP contribution in [0.25, 0.3) is 0 Å². The van der Waals surface area contributed by atoms with E-state index in [1.807, 2.05) is 13.8 Å². The van der Waals surface area contributed by atoms with Gasteiger partial charge in [0.15, 0.2) is 0 Å². The summed E-state index contributed by atoms with van der Waals surface area (Å²) in [7, 11) is 0. The Morgan fingerprint density at radius 2 is 1.87 bits per heavy atom. The van der Waals surface area contributed by atoms with E-state index in [2.05, 4.69) is 5.32 Å². The van der Waals surface area contributed by atoms with Crippen molar-refractivity contribution in [2.45, 2.75) is 45.1 Å². The summed E-state index contributed by atoms with van der Waals surface area (Å²) < 4.78 is 0. The molecule has 2 fully saturated rings. The van der Waals surface area contributed by atoms with Crippen LogP contribution in [-0.4, -0.2) is 22.5 Å².